The zero-order valence-corrected chi connectivity index (χ0v) is 23.6. The molecule has 0 aliphatic rings. The molecule has 4 aromatic carbocycles. The first kappa shape index (κ1) is 25.9. The number of fused-ring (bicyclic) bond motifs is 2. The van der Waals surface area contributed by atoms with Crippen molar-refractivity contribution in [1.82, 2.24) is 19.6 Å². The molecule has 2 heterocycles. The number of ketones is 1. The minimum Gasteiger partial charge on any atom is -0.299 e. The number of carbonyl (C=O) groups is 1. The normalized spacial score (nSPS) is 11.8. The summed E-state index contributed by atoms with van der Waals surface area (Å²) in [5, 5.41) is 11.2. The molecule has 190 valence electrons. The summed E-state index contributed by atoms with van der Waals surface area (Å²) < 4.78 is 5.28. The molecule has 38 heavy (non-hydrogen) atoms. The molecular weight excluding hydrogens is 583 g/mol. The summed E-state index contributed by atoms with van der Waals surface area (Å²) in [6.07, 6.45) is 3.80. The van der Waals surface area contributed by atoms with Crippen molar-refractivity contribution in [3.63, 3.8) is 0 Å². The van der Waals surface area contributed by atoms with E-state index in [-0.39, 0.29) is 11.7 Å². The molecule has 0 saturated heterocycles. The van der Waals surface area contributed by atoms with Gasteiger partial charge in [0.1, 0.15) is 5.78 Å². The van der Waals surface area contributed by atoms with Gasteiger partial charge in [0.25, 0.3) is 0 Å². The number of carbonyl (C=O) groups excluding carboxylic acids is 1. The molecule has 0 fully saturated rings. The molecule has 1 unspecified atom stereocenters. The summed E-state index contributed by atoms with van der Waals surface area (Å²) in [7, 11) is 0. The molecule has 0 aliphatic carbocycles. The maximum absolute atomic E-state index is 11.6. The Balaban J connectivity index is 0.000000158. The molecule has 0 N–H and O–H groups in total. The van der Waals surface area contributed by atoms with E-state index >= 15 is 0 Å². The second-order valence-electron chi connectivity index (χ2n) is 9.43. The van der Waals surface area contributed by atoms with Crippen LogP contribution in [0.4, 0.5) is 0 Å². The largest absolute Gasteiger partial charge is 0.299 e. The zero-order chi connectivity index (χ0) is 26.5. The third kappa shape index (κ3) is 6.02. The number of rotatable bonds is 6. The summed E-state index contributed by atoms with van der Waals surface area (Å²) >= 11 is 2.33. The molecule has 0 amide bonds. The molecule has 2 aromatic heterocycles. The van der Waals surface area contributed by atoms with Crippen molar-refractivity contribution in [2.45, 2.75) is 32.9 Å². The molecule has 6 heteroatoms. The van der Waals surface area contributed by atoms with Crippen LogP contribution < -0.4 is 0 Å². The molecule has 6 aromatic rings. The topological polar surface area (TPSA) is 52.7 Å². The number of halogens is 1. The van der Waals surface area contributed by atoms with E-state index in [1.807, 2.05) is 65.1 Å². The van der Waals surface area contributed by atoms with E-state index < -0.39 is 0 Å². The standard InChI is InChI=1S/C18H18N2O.C14H11IN2/c1-13(14(2)21)16-8-9-17-11-19-20(18(17)10-16)12-15-6-4-3-5-7-15;15-13-7-6-12-9-16-17(14(12)8-13)10-11-4-2-1-3-5-11/h3-11,13H,12H2,1-2H3;1-9H,10H2. The van der Waals surface area contributed by atoms with Crippen LogP contribution in [0.5, 0.6) is 0 Å². The second-order valence-corrected chi connectivity index (χ2v) is 10.7. The van der Waals surface area contributed by atoms with Gasteiger partial charge in [-0.2, -0.15) is 10.2 Å². The van der Waals surface area contributed by atoms with Crippen LogP contribution in [-0.4, -0.2) is 25.3 Å². The van der Waals surface area contributed by atoms with Gasteiger partial charge in [0.05, 0.1) is 36.5 Å². The minimum absolute atomic E-state index is 0.0746. The summed E-state index contributed by atoms with van der Waals surface area (Å²) in [5.41, 5.74) is 5.80. The minimum atomic E-state index is -0.0746. The van der Waals surface area contributed by atoms with Crippen LogP contribution in [0.2, 0.25) is 0 Å². The van der Waals surface area contributed by atoms with Crippen molar-refractivity contribution in [2.75, 3.05) is 0 Å². The van der Waals surface area contributed by atoms with Gasteiger partial charge >= 0.3 is 0 Å². The smallest absolute Gasteiger partial charge is 0.136 e. The highest BCUT2D eigenvalue weighted by Gasteiger charge is 2.12. The van der Waals surface area contributed by atoms with Crippen molar-refractivity contribution in [3.05, 3.63) is 130 Å². The maximum atomic E-state index is 11.6. The zero-order valence-electron chi connectivity index (χ0n) is 21.5. The molecule has 0 aliphatic heterocycles. The van der Waals surface area contributed by atoms with Crippen molar-refractivity contribution >= 4 is 50.2 Å². The fourth-order valence-electron chi connectivity index (χ4n) is 4.40. The first-order valence-electron chi connectivity index (χ1n) is 12.6. The highest BCUT2D eigenvalue weighted by atomic mass is 127. The fourth-order valence-corrected chi connectivity index (χ4v) is 4.87. The molecule has 6 rings (SSSR count). The van der Waals surface area contributed by atoms with E-state index in [4.69, 9.17) is 0 Å². The summed E-state index contributed by atoms with van der Waals surface area (Å²) in [6, 6.07) is 33.2. The molecular formula is C32H29IN4O. The van der Waals surface area contributed by atoms with Crippen LogP contribution in [0, 0.1) is 3.57 Å². The molecule has 5 nitrogen and oxygen atoms in total. The Morgan fingerprint density at radius 1 is 0.737 bits per heavy atom. The third-order valence-electron chi connectivity index (χ3n) is 6.74. The first-order valence-corrected chi connectivity index (χ1v) is 13.7. The van der Waals surface area contributed by atoms with Crippen LogP contribution in [0.1, 0.15) is 36.5 Å². The Kier molecular flexibility index (Phi) is 7.98. The van der Waals surface area contributed by atoms with Crippen molar-refractivity contribution < 1.29 is 4.79 Å². The lowest BCUT2D eigenvalue weighted by Gasteiger charge is -2.09. The van der Waals surface area contributed by atoms with Gasteiger partial charge in [0.2, 0.25) is 0 Å². The van der Waals surface area contributed by atoms with E-state index in [2.05, 4.69) is 93.5 Å². The quantitative estimate of drug-likeness (QED) is 0.184. The van der Waals surface area contributed by atoms with Crippen LogP contribution in [0.15, 0.2) is 109 Å². The predicted molar refractivity (Wildman–Crippen MR) is 162 cm³/mol. The van der Waals surface area contributed by atoms with Crippen molar-refractivity contribution in [3.8, 4) is 0 Å². The number of nitrogens with zero attached hydrogens (tertiary/aromatic N) is 4. The Hall–Kier alpha value is -3.78. The van der Waals surface area contributed by atoms with Crippen molar-refractivity contribution in [1.29, 1.82) is 0 Å². The SMILES string of the molecule is CC(=O)C(C)c1ccc2cnn(Cc3ccccc3)c2c1.Ic1ccc2cnn(Cc3ccccc3)c2c1. The lowest BCUT2D eigenvalue weighted by molar-refractivity contribution is -0.118. The van der Waals surface area contributed by atoms with E-state index in [0.717, 1.165) is 29.6 Å². The highest BCUT2D eigenvalue weighted by molar-refractivity contribution is 14.1. The molecule has 1 atom stereocenters. The van der Waals surface area contributed by atoms with Gasteiger partial charge in [-0.3, -0.25) is 14.2 Å². The summed E-state index contributed by atoms with van der Waals surface area (Å²) in [4.78, 5) is 11.6. The lowest BCUT2D eigenvalue weighted by atomic mass is 9.97. The van der Waals surface area contributed by atoms with Gasteiger partial charge in [0, 0.05) is 20.3 Å². The van der Waals surface area contributed by atoms with E-state index in [0.29, 0.717) is 0 Å². The van der Waals surface area contributed by atoms with Crippen LogP contribution in [-0.2, 0) is 17.9 Å². The van der Waals surface area contributed by atoms with Crippen LogP contribution in [0.25, 0.3) is 21.8 Å². The number of hydrogen-bond acceptors (Lipinski definition) is 3. The first-order chi connectivity index (χ1) is 18.5. The second kappa shape index (κ2) is 11.7. The average Bonchev–Trinajstić information content (AvgIpc) is 3.53. The van der Waals surface area contributed by atoms with Crippen molar-refractivity contribution in [2.24, 2.45) is 0 Å². The number of Topliss-reactive ketones (excluding diaryl/α,β-unsaturated/α-hetero) is 1. The Labute approximate surface area is 236 Å². The third-order valence-corrected chi connectivity index (χ3v) is 7.41. The Morgan fingerprint density at radius 2 is 1.24 bits per heavy atom. The summed E-state index contributed by atoms with van der Waals surface area (Å²) in [5.74, 6) is 0.109. The van der Waals surface area contributed by atoms with E-state index in [1.165, 1.54) is 25.6 Å². The molecule has 0 spiro atoms. The number of benzene rings is 4. The average molecular weight is 613 g/mol. The molecule has 0 radical (unpaired) electrons. The van der Waals surface area contributed by atoms with Gasteiger partial charge in [-0.05, 0) is 64.4 Å². The van der Waals surface area contributed by atoms with Gasteiger partial charge in [0.15, 0.2) is 0 Å². The highest BCUT2D eigenvalue weighted by Crippen LogP contribution is 2.23. The fraction of sp³-hybridized carbons (Fsp3) is 0.156. The van der Waals surface area contributed by atoms with Gasteiger partial charge < -0.3 is 0 Å². The van der Waals surface area contributed by atoms with Crippen LogP contribution in [0.3, 0.4) is 0 Å². The van der Waals surface area contributed by atoms with E-state index in [9.17, 15) is 4.79 Å². The Bertz CT molecular complexity index is 1670. The van der Waals surface area contributed by atoms with Gasteiger partial charge in [-0.25, -0.2) is 0 Å². The van der Waals surface area contributed by atoms with Crippen LogP contribution >= 0.6 is 22.6 Å². The number of hydrogen-bond donors (Lipinski definition) is 0. The van der Waals surface area contributed by atoms with E-state index in [1.54, 1.807) is 6.92 Å². The lowest BCUT2D eigenvalue weighted by Crippen LogP contribution is -2.05. The number of aromatic nitrogens is 4. The van der Waals surface area contributed by atoms with Gasteiger partial charge in [-0.1, -0.05) is 85.8 Å². The molecule has 0 bridgehead atoms. The monoisotopic (exact) mass is 612 g/mol. The van der Waals surface area contributed by atoms with Gasteiger partial charge in [-0.15, -0.1) is 0 Å². The molecule has 0 saturated carbocycles. The summed E-state index contributed by atoms with van der Waals surface area (Å²) in [6.45, 7) is 5.14. The predicted octanol–water partition coefficient (Wildman–Crippen LogP) is 7.47. The Morgan fingerprint density at radius 3 is 1.76 bits per heavy atom. The maximum Gasteiger partial charge on any atom is 0.136 e.